The van der Waals surface area contributed by atoms with E-state index in [1.54, 1.807) is 24.3 Å². The molecule has 0 bridgehead atoms. The highest BCUT2D eigenvalue weighted by atomic mass is 35.5. The van der Waals surface area contributed by atoms with E-state index in [4.69, 9.17) is 17.3 Å². The van der Waals surface area contributed by atoms with Crippen LogP contribution in [0.2, 0.25) is 5.02 Å². The number of benzene rings is 1. The fraction of sp³-hybridized carbons (Fsp3) is 0.429. The molecule has 1 saturated carbocycles. The quantitative estimate of drug-likeness (QED) is 0.671. The van der Waals surface area contributed by atoms with Crippen molar-refractivity contribution in [3.05, 3.63) is 35.9 Å². The highest BCUT2D eigenvalue weighted by Gasteiger charge is 2.34. The Kier molecular flexibility index (Phi) is 4.73. The lowest BCUT2D eigenvalue weighted by Crippen LogP contribution is -2.39. The zero-order valence-electron chi connectivity index (χ0n) is 11.3. The van der Waals surface area contributed by atoms with Gasteiger partial charge in [-0.1, -0.05) is 36.6 Å². The normalized spacial score (nSPS) is 16.7. The first-order valence-corrected chi connectivity index (χ1v) is 8.47. The summed E-state index contributed by atoms with van der Waals surface area (Å²) < 4.78 is 27.2. The molecule has 20 heavy (non-hydrogen) atoms. The third-order valence-electron chi connectivity index (χ3n) is 3.61. The number of nitrogens with zero attached hydrogens (tertiary/aromatic N) is 1. The summed E-state index contributed by atoms with van der Waals surface area (Å²) >= 11 is 6.05. The van der Waals surface area contributed by atoms with Gasteiger partial charge in [0.1, 0.15) is 4.90 Å². The fourth-order valence-electron chi connectivity index (χ4n) is 2.68. The Balaban J connectivity index is 2.47. The molecule has 110 valence electrons. The number of nitrogens with two attached hydrogens (primary N) is 1. The van der Waals surface area contributed by atoms with Crippen molar-refractivity contribution in [3.8, 4) is 0 Å². The molecule has 0 unspecified atom stereocenters. The average molecular weight is 315 g/mol. The van der Waals surface area contributed by atoms with E-state index < -0.39 is 10.0 Å². The summed E-state index contributed by atoms with van der Waals surface area (Å²) in [5, 5.41) is 0.164. The molecule has 1 aromatic rings. The van der Waals surface area contributed by atoms with E-state index in [9.17, 15) is 8.42 Å². The second-order valence-electron chi connectivity index (χ2n) is 4.96. The second kappa shape index (κ2) is 6.16. The SMILES string of the molecule is C=CCN(C1CCCC1)S(=O)(=O)c1c(N)cccc1Cl. The Morgan fingerprint density at radius 2 is 2.05 bits per heavy atom. The molecule has 2 N–H and O–H groups in total. The van der Waals surface area contributed by atoms with Crippen LogP contribution in [-0.2, 0) is 10.0 Å². The summed E-state index contributed by atoms with van der Waals surface area (Å²) in [5.41, 5.74) is 6.01. The second-order valence-corrected chi connectivity index (χ2v) is 7.19. The van der Waals surface area contributed by atoms with Gasteiger partial charge in [-0.2, -0.15) is 4.31 Å². The van der Waals surface area contributed by atoms with Crippen molar-refractivity contribution in [1.29, 1.82) is 0 Å². The van der Waals surface area contributed by atoms with E-state index >= 15 is 0 Å². The third kappa shape index (κ3) is 2.85. The van der Waals surface area contributed by atoms with Crippen LogP contribution in [0.25, 0.3) is 0 Å². The van der Waals surface area contributed by atoms with Crippen molar-refractivity contribution < 1.29 is 8.42 Å². The molecular formula is C14H19ClN2O2S. The first kappa shape index (κ1) is 15.4. The number of rotatable bonds is 5. The van der Waals surface area contributed by atoms with Crippen molar-refractivity contribution in [2.75, 3.05) is 12.3 Å². The lowest BCUT2D eigenvalue weighted by atomic mass is 10.2. The molecule has 0 radical (unpaired) electrons. The van der Waals surface area contributed by atoms with Gasteiger partial charge in [0.2, 0.25) is 10.0 Å². The minimum absolute atomic E-state index is 0.00803. The minimum atomic E-state index is -3.70. The van der Waals surface area contributed by atoms with Gasteiger partial charge in [-0.3, -0.25) is 0 Å². The molecule has 1 aliphatic carbocycles. The lowest BCUT2D eigenvalue weighted by Gasteiger charge is -2.27. The molecule has 1 fully saturated rings. The van der Waals surface area contributed by atoms with Crippen molar-refractivity contribution in [1.82, 2.24) is 4.31 Å². The van der Waals surface area contributed by atoms with Gasteiger partial charge in [0.25, 0.3) is 0 Å². The van der Waals surface area contributed by atoms with Crippen LogP contribution >= 0.6 is 11.6 Å². The largest absolute Gasteiger partial charge is 0.398 e. The molecular weight excluding hydrogens is 296 g/mol. The number of hydrogen-bond acceptors (Lipinski definition) is 3. The van der Waals surface area contributed by atoms with Crippen LogP contribution in [0.1, 0.15) is 25.7 Å². The van der Waals surface area contributed by atoms with Gasteiger partial charge in [0.05, 0.1) is 10.7 Å². The summed E-state index contributed by atoms with van der Waals surface area (Å²) in [6.45, 7) is 3.93. The fourth-order valence-corrected chi connectivity index (χ4v) is 4.97. The number of anilines is 1. The Morgan fingerprint density at radius 1 is 1.40 bits per heavy atom. The average Bonchev–Trinajstić information content (AvgIpc) is 2.88. The monoisotopic (exact) mass is 314 g/mol. The van der Waals surface area contributed by atoms with Gasteiger partial charge in [-0.05, 0) is 25.0 Å². The van der Waals surface area contributed by atoms with E-state index in [1.165, 1.54) is 4.31 Å². The van der Waals surface area contributed by atoms with Crippen LogP contribution in [-0.4, -0.2) is 25.3 Å². The molecule has 0 aliphatic heterocycles. The van der Waals surface area contributed by atoms with Crippen LogP contribution in [0, 0.1) is 0 Å². The van der Waals surface area contributed by atoms with Gasteiger partial charge in [-0.15, -0.1) is 6.58 Å². The molecule has 0 heterocycles. The maximum atomic E-state index is 12.9. The number of nitrogen functional groups attached to an aromatic ring is 1. The first-order chi connectivity index (χ1) is 9.48. The number of sulfonamides is 1. The van der Waals surface area contributed by atoms with Crippen LogP contribution in [0.5, 0.6) is 0 Å². The minimum Gasteiger partial charge on any atom is -0.398 e. The highest BCUT2D eigenvalue weighted by Crippen LogP contribution is 2.34. The standard InChI is InChI=1S/C14H19ClN2O2S/c1-2-10-17(11-6-3-4-7-11)20(18,19)14-12(15)8-5-9-13(14)16/h2,5,8-9,11H,1,3-4,6-7,10,16H2. The molecule has 0 aromatic heterocycles. The Morgan fingerprint density at radius 3 is 2.60 bits per heavy atom. The Labute approximate surface area is 125 Å². The summed E-state index contributed by atoms with van der Waals surface area (Å²) in [4.78, 5) is 0.00965. The molecule has 6 heteroatoms. The van der Waals surface area contributed by atoms with E-state index in [2.05, 4.69) is 6.58 Å². The molecule has 1 aliphatic rings. The topological polar surface area (TPSA) is 63.4 Å². The van der Waals surface area contributed by atoms with E-state index in [0.29, 0.717) is 0 Å². The summed E-state index contributed by atoms with van der Waals surface area (Å²) in [6.07, 6.45) is 5.44. The molecule has 2 rings (SSSR count). The maximum Gasteiger partial charge on any atom is 0.247 e. The van der Waals surface area contributed by atoms with E-state index in [-0.39, 0.29) is 28.2 Å². The first-order valence-electron chi connectivity index (χ1n) is 6.65. The smallest absolute Gasteiger partial charge is 0.247 e. The van der Waals surface area contributed by atoms with Crippen LogP contribution in [0.3, 0.4) is 0 Å². The molecule has 0 amide bonds. The van der Waals surface area contributed by atoms with Crippen molar-refractivity contribution >= 4 is 27.3 Å². The summed E-state index contributed by atoms with van der Waals surface area (Å²) in [5.74, 6) is 0. The third-order valence-corrected chi connectivity index (χ3v) is 6.07. The molecule has 0 atom stereocenters. The van der Waals surface area contributed by atoms with Crippen LogP contribution in [0.4, 0.5) is 5.69 Å². The van der Waals surface area contributed by atoms with Crippen molar-refractivity contribution in [2.24, 2.45) is 0 Å². The van der Waals surface area contributed by atoms with Crippen molar-refractivity contribution in [2.45, 2.75) is 36.6 Å². The summed E-state index contributed by atoms with van der Waals surface area (Å²) in [6, 6.07) is 4.75. The van der Waals surface area contributed by atoms with Gasteiger partial charge >= 0.3 is 0 Å². The molecule has 0 saturated heterocycles. The number of halogens is 1. The van der Waals surface area contributed by atoms with Gasteiger partial charge < -0.3 is 5.73 Å². The molecule has 4 nitrogen and oxygen atoms in total. The van der Waals surface area contributed by atoms with Crippen LogP contribution < -0.4 is 5.73 Å². The zero-order valence-corrected chi connectivity index (χ0v) is 12.8. The van der Waals surface area contributed by atoms with Gasteiger partial charge in [0, 0.05) is 12.6 Å². The Hall–Kier alpha value is -1.04. The predicted octanol–water partition coefficient (Wildman–Crippen LogP) is 3.04. The van der Waals surface area contributed by atoms with Gasteiger partial charge in [-0.25, -0.2) is 8.42 Å². The predicted molar refractivity (Wildman–Crippen MR) is 82.2 cm³/mol. The molecule has 0 spiro atoms. The van der Waals surface area contributed by atoms with Crippen LogP contribution in [0.15, 0.2) is 35.7 Å². The van der Waals surface area contributed by atoms with E-state index in [1.807, 2.05) is 0 Å². The lowest BCUT2D eigenvalue weighted by molar-refractivity contribution is 0.348. The van der Waals surface area contributed by atoms with Gasteiger partial charge in [0.15, 0.2) is 0 Å². The number of hydrogen-bond donors (Lipinski definition) is 1. The van der Waals surface area contributed by atoms with Crippen molar-refractivity contribution in [3.63, 3.8) is 0 Å². The van der Waals surface area contributed by atoms with E-state index in [0.717, 1.165) is 25.7 Å². The highest BCUT2D eigenvalue weighted by molar-refractivity contribution is 7.89. The Bertz CT molecular complexity index is 575. The maximum absolute atomic E-state index is 12.9. The zero-order chi connectivity index (χ0) is 14.8. The summed E-state index contributed by atoms with van der Waals surface area (Å²) in [7, 11) is -3.70. The molecule has 1 aromatic carbocycles.